The van der Waals surface area contributed by atoms with Gasteiger partial charge in [-0.3, -0.25) is 9.59 Å². The number of amides is 1. The Morgan fingerprint density at radius 1 is 0.708 bits per heavy atom. The van der Waals surface area contributed by atoms with E-state index in [0.29, 0.717) is 43.5 Å². The van der Waals surface area contributed by atoms with Crippen molar-refractivity contribution in [3.8, 4) is 0 Å². The van der Waals surface area contributed by atoms with Crippen LogP contribution < -0.4 is 5.32 Å². The molecule has 48 heavy (non-hydrogen) atoms. The van der Waals surface area contributed by atoms with Gasteiger partial charge in [0.05, 0.1) is 26.9 Å². The van der Waals surface area contributed by atoms with Gasteiger partial charge in [0.1, 0.15) is 12.1 Å². The highest BCUT2D eigenvalue weighted by atomic mass is 16.5. The van der Waals surface area contributed by atoms with Crippen LogP contribution in [0.4, 0.5) is 0 Å². The van der Waals surface area contributed by atoms with Crippen molar-refractivity contribution in [1.29, 1.82) is 0 Å². The number of hydrogen-bond acceptors (Lipinski definition) is 8. The van der Waals surface area contributed by atoms with Crippen molar-refractivity contribution in [2.24, 2.45) is 0 Å². The van der Waals surface area contributed by atoms with Gasteiger partial charge in [0, 0.05) is 25.1 Å². The maximum Gasteiger partial charge on any atom is 0.338 e. The summed E-state index contributed by atoms with van der Waals surface area (Å²) in [6.45, 7) is 1.07. The minimum atomic E-state index is -0.594. The Morgan fingerprint density at radius 2 is 1.29 bits per heavy atom. The monoisotopic (exact) mass is 650 g/mol. The van der Waals surface area contributed by atoms with Crippen LogP contribution in [0.3, 0.4) is 0 Å². The summed E-state index contributed by atoms with van der Waals surface area (Å²) in [5.41, 5.74) is 5.21. The Labute approximate surface area is 281 Å². The molecule has 0 aliphatic carbocycles. The fraction of sp³-hybridized carbons (Fsp3) is 0.282. The molecule has 1 N–H and O–H groups in total. The highest BCUT2D eigenvalue weighted by molar-refractivity contribution is 5.99. The van der Waals surface area contributed by atoms with Gasteiger partial charge in [0.25, 0.3) is 5.91 Å². The molecule has 1 aliphatic rings. The van der Waals surface area contributed by atoms with Gasteiger partial charge in [0.2, 0.25) is 0 Å². The molecule has 0 bridgehead atoms. The maximum absolute atomic E-state index is 12.8. The Balaban J connectivity index is 0.000000217. The number of nitrogens with zero attached hydrogens (tertiary/aromatic N) is 1. The molecule has 1 heterocycles. The Kier molecular flexibility index (Phi) is 13.5. The van der Waals surface area contributed by atoms with Crippen LogP contribution in [-0.4, -0.2) is 75.2 Å². The van der Waals surface area contributed by atoms with Gasteiger partial charge >= 0.3 is 17.9 Å². The minimum Gasteiger partial charge on any atom is -0.468 e. The molecule has 0 radical (unpaired) electrons. The van der Waals surface area contributed by atoms with E-state index < -0.39 is 12.1 Å². The van der Waals surface area contributed by atoms with E-state index in [9.17, 15) is 19.2 Å². The fourth-order valence-electron chi connectivity index (χ4n) is 5.70. The largest absolute Gasteiger partial charge is 0.468 e. The number of fused-ring (bicyclic) bond motifs is 1. The zero-order valence-corrected chi connectivity index (χ0v) is 27.6. The lowest BCUT2D eigenvalue weighted by Gasteiger charge is -2.34. The summed E-state index contributed by atoms with van der Waals surface area (Å²) >= 11 is 0. The maximum atomic E-state index is 12.8. The first-order valence-electron chi connectivity index (χ1n) is 15.9. The number of carbonyl (C=O) groups is 4. The fourth-order valence-corrected chi connectivity index (χ4v) is 5.70. The molecule has 5 rings (SSSR count). The first kappa shape index (κ1) is 35.6. The molecule has 2 atom stereocenters. The number of nitrogens with one attached hydrogen (secondary N) is 1. The average molecular weight is 651 g/mol. The molecule has 0 unspecified atom stereocenters. The van der Waals surface area contributed by atoms with Gasteiger partial charge in [-0.2, -0.15) is 0 Å². The van der Waals surface area contributed by atoms with E-state index in [0.717, 1.165) is 28.7 Å². The molecule has 0 aromatic heterocycles. The molecular weight excluding hydrogens is 608 g/mol. The highest BCUT2D eigenvalue weighted by Gasteiger charge is 2.34. The Hall–Kier alpha value is -5.28. The summed E-state index contributed by atoms with van der Waals surface area (Å²) in [4.78, 5) is 50.5. The van der Waals surface area contributed by atoms with E-state index in [-0.39, 0.29) is 23.8 Å². The molecule has 0 spiro atoms. The van der Waals surface area contributed by atoms with Gasteiger partial charge in [0.15, 0.2) is 0 Å². The SMILES string of the molecule is COC(=O)[C@H](Cc1ccccc1)N1CCc2ccccc2C1=O.COC(=O)c1ccccc1CCN[C@@H](Cc1ccccc1)C(=O)OC. The van der Waals surface area contributed by atoms with Gasteiger partial charge in [-0.1, -0.05) is 97.1 Å². The number of rotatable bonds is 12. The van der Waals surface area contributed by atoms with Crippen LogP contribution in [-0.2, 0) is 49.5 Å². The number of carbonyl (C=O) groups excluding carboxylic acids is 4. The summed E-state index contributed by atoms with van der Waals surface area (Å²) in [6, 6.07) is 33.3. The van der Waals surface area contributed by atoms with Crippen LogP contribution in [0.5, 0.6) is 0 Å². The summed E-state index contributed by atoms with van der Waals surface area (Å²) in [6.07, 6.45) is 2.37. The number of ether oxygens (including phenoxy) is 3. The predicted octanol–water partition coefficient (Wildman–Crippen LogP) is 4.86. The van der Waals surface area contributed by atoms with Crippen LogP contribution >= 0.6 is 0 Å². The first-order chi connectivity index (χ1) is 23.4. The van der Waals surface area contributed by atoms with E-state index in [1.54, 1.807) is 17.0 Å². The number of hydrogen-bond donors (Lipinski definition) is 1. The molecule has 0 saturated heterocycles. The predicted molar refractivity (Wildman–Crippen MR) is 183 cm³/mol. The topological polar surface area (TPSA) is 111 Å². The Bertz CT molecular complexity index is 1660. The third-order valence-corrected chi connectivity index (χ3v) is 8.23. The van der Waals surface area contributed by atoms with Crippen molar-refractivity contribution in [2.75, 3.05) is 34.4 Å². The lowest BCUT2D eigenvalue weighted by atomic mass is 9.96. The summed E-state index contributed by atoms with van der Waals surface area (Å²) in [7, 11) is 4.11. The molecule has 1 aliphatic heterocycles. The van der Waals surface area contributed by atoms with E-state index >= 15 is 0 Å². The molecule has 0 fully saturated rings. The van der Waals surface area contributed by atoms with Crippen LogP contribution in [0.1, 0.15) is 43.0 Å². The minimum absolute atomic E-state index is 0.0989. The Morgan fingerprint density at radius 3 is 1.94 bits per heavy atom. The van der Waals surface area contributed by atoms with E-state index in [1.165, 1.54) is 21.3 Å². The second kappa shape index (κ2) is 18.2. The van der Waals surface area contributed by atoms with Crippen molar-refractivity contribution in [3.63, 3.8) is 0 Å². The third kappa shape index (κ3) is 9.62. The van der Waals surface area contributed by atoms with Gasteiger partial charge in [-0.05, 0) is 53.6 Å². The molecule has 1 amide bonds. The van der Waals surface area contributed by atoms with Crippen molar-refractivity contribution in [2.45, 2.75) is 37.8 Å². The molecular formula is C39H42N2O7. The molecule has 0 saturated carbocycles. The third-order valence-electron chi connectivity index (χ3n) is 8.23. The van der Waals surface area contributed by atoms with E-state index in [4.69, 9.17) is 14.2 Å². The zero-order valence-electron chi connectivity index (χ0n) is 27.6. The van der Waals surface area contributed by atoms with Crippen molar-refractivity contribution in [1.82, 2.24) is 10.2 Å². The second-order valence-corrected chi connectivity index (χ2v) is 11.3. The standard InChI is InChI=1S/C20H23NO4.C19H19NO3/c1-24-19(22)17-11-7-6-10-16(17)12-13-21-18(20(23)25-2)14-15-8-4-3-5-9-15;1-23-19(22)17(13-14-7-3-2-4-8-14)20-12-11-15-9-5-6-10-16(15)18(20)21/h3-11,18,21H,12-14H2,1-2H3;2-10,17H,11-13H2,1H3/t18-;17-/m00/s1. The number of benzene rings is 4. The molecule has 9 heteroatoms. The van der Waals surface area contributed by atoms with Gasteiger partial charge in [-0.15, -0.1) is 0 Å². The van der Waals surface area contributed by atoms with Crippen molar-refractivity contribution < 1.29 is 33.4 Å². The van der Waals surface area contributed by atoms with E-state index in [1.807, 2.05) is 97.1 Å². The highest BCUT2D eigenvalue weighted by Crippen LogP contribution is 2.22. The van der Waals surface area contributed by atoms with Gasteiger partial charge < -0.3 is 24.4 Å². The molecule has 4 aromatic rings. The summed E-state index contributed by atoms with van der Waals surface area (Å²) in [5.74, 6) is -1.13. The van der Waals surface area contributed by atoms with Crippen LogP contribution in [0.2, 0.25) is 0 Å². The van der Waals surface area contributed by atoms with Crippen LogP contribution in [0.25, 0.3) is 0 Å². The van der Waals surface area contributed by atoms with Crippen LogP contribution in [0.15, 0.2) is 109 Å². The first-order valence-corrected chi connectivity index (χ1v) is 15.9. The molecule has 4 aromatic carbocycles. The lowest BCUT2D eigenvalue weighted by Crippen LogP contribution is -2.50. The lowest BCUT2D eigenvalue weighted by molar-refractivity contribution is -0.146. The van der Waals surface area contributed by atoms with Gasteiger partial charge in [-0.25, -0.2) is 9.59 Å². The number of esters is 3. The summed E-state index contributed by atoms with van der Waals surface area (Å²) < 4.78 is 14.6. The van der Waals surface area contributed by atoms with Crippen LogP contribution in [0, 0.1) is 0 Å². The smallest absolute Gasteiger partial charge is 0.338 e. The molecule has 9 nitrogen and oxygen atoms in total. The number of methoxy groups -OCH3 is 3. The zero-order chi connectivity index (χ0) is 34.3. The normalized spacial score (nSPS) is 13.2. The van der Waals surface area contributed by atoms with Crippen molar-refractivity contribution in [3.05, 3.63) is 143 Å². The van der Waals surface area contributed by atoms with E-state index in [2.05, 4.69) is 5.32 Å². The van der Waals surface area contributed by atoms with Crippen molar-refractivity contribution >= 4 is 23.8 Å². The average Bonchev–Trinajstić information content (AvgIpc) is 3.14. The summed E-state index contributed by atoms with van der Waals surface area (Å²) in [5, 5.41) is 3.22. The quantitative estimate of drug-likeness (QED) is 0.171. The molecule has 250 valence electrons. The second-order valence-electron chi connectivity index (χ2n) is 11.3.